The van der Waals surface area contributed by atoms with E-state index in [4.69, 9.17) is 37.4 Å². The second-order valence-corrected chi connectivity index (χ2v) is 14.5. The van der Waals surface area contributed by atoms with E-state index in [1.54, 1.807) is 49.4 Å². The van der Waals surface area contributed by atoms with Gasteiger partial charge in [0.15, 0.2) is 0 Å². The Kier molecular flexibility index (Phi) is 12.8. The molecule has 5 rings (SSSR count). The first-order valence-electron chi connectivity index (χ1n) is 16.1. The minimum atomic E-state index is -5.08. The number of nitrogens with one attached hydrogen (secondary N) is 3. The predicted molar refractivity (Wildman–Crippen MR) is 202 cm³/mol. The maximum atomic E-state index is 13.3. The molecule has 5 aromatic rings. The minimum absolute atomic E-state index is 0.0490. The first kappa shape index (κ1) is 41.6. The van der Waals surface area contributed by atoms with E-state index in [1.807, 2.05) is 13.8 Å². The third-order valence-corrected chi connectivity index (χ3v) is 9.54. The number of nitrogen functional groups attached to an aromatic ring is 1. The quantitative estimate of drug-likeness (QED) is 0.0563. The molecule has 5 aromatic carbocycles. The molecule has 0 aliphatic heterocycles. The van der Waals surface area contributed by atoms with Gasteiger partial charge in [-0.2, -0.15) is 13.2 Å². The molecule has 0 saturated heterocycles. The van der Waals surface area contributed by atoms with Crippen LogP contribution in [0.25, 0.3) is 21.9 Å². The number of carboxylic acid groups (broad SMARTS) is 2. The number of hydrogen-bond acceptors (Lipinski definition) is 7. The Bertz CT molecular complexity index is 2420. The SMILES string of the molecule is Cc1ccc(S(=O)(=O)Nc2ccc(Oc3ccc4cc(C(=N)N)ccc4c3)c(-c3ccc(C(=O)NCC(C)C)cc3C(=O)O)c2)cc1Cl.O=C(O)C(F)(F)F. The molecular formula is C38H34ClF3N4O8S. The molecule has 0 aliphatic carbocycles. The highest BCUT2D eigenvalue weighted by atomic mass is 35.5. The molecule has 0 radical (unpaired) electrons. The number of aryl methyl sites for hydroxylation is 1. The minimum Gasteiger partial charge on any atom is -0.478 e. The highest BCUT2D eigenvalue weighted by Crippen LogP contribution is 2.39. The summed E-state index contributed by atoms with van der Waals surface area (Å²) in [6, 6.07) is 23.8. The highest BCUT2D eigenvalue weighted by molar-refractivity contribution is 7.92. The zero-order valence-corrected chi connectivity index (χ0v) is 30.9. The van der Waals surface area contributed by atoms with E-state index in [-0.39, 0.29) is 50.3 Å². The third-order valence-electron chi connectivity index (χ3n) is 7.75. The number of carbonyl (C=O) groups excluding carboxylic acids is 1. The van der Waals surface area contributed by atoms with Crippen LogP contribution in [0.15, 0.2) is 95.9 Å². The Hall–Kier alpha value is -6.13. The molecule has 0 bridgehead atoms. The van der Waals surface area contributed by atoms with Gasteiger partial charge in [0.05, 0.1) is 10.5 Å². The maximum Gasteiger partial charge on any atom is 0.490 e. The lowest BCUT2D eigenvalue weighted by molar-refractivity contribution is -0.192. The lowest BCUT2D eigenvalue weighted by atomic mass is 9.96. The van der Waals surface area contributed by atoms with Gasteiger partial charge in [-0.05, 0) is 89.8 Å². The Morgan fingerprint density at radius 1 is 0.873 bits per heavy atom. The van der Waals surface area contributed by atoms with Crippen molar-refractivity contribution in [2.45, 2.75) is 31.8 Å². The molecule has 0 aromatic heterocycles. The van der Waals surface area contributed by atoms with E-state index in [9.17, 15) is 36.3 Å². The van der Waals surface area contributed by atoms with Gasteiger partial charge in [-0.15, -0.1) is 0 Å². The number of amides is 1. The first-order valence-corrected chi connectivity index (χ1v) is 18.0. The van der Waals surface area contributed by atoms with Crippen LogP contribution < -0.4 is 20.5 Å². The van der Waals surface area contributed by atoms with Crippen LogP contribution in [0.1, 0.15) is 45.7 Å². The lowest BCUT2D eigenvalue weighted by Crippen LogP contribution is -2.27. The zero-order valence-electron chi connectivity index (χ0n) is 29.3. The number of benzene rings is 5. The van der Waals surface area contributed by atoms with E-state index >= 15 is 0 Å². The molecule has 55 heavy (non-hydrogen) atoms. The van der Waals surface area contributed by atoms with Crippen LogP contribution in [-0.2, 0) is 14.8 Å². The van der Waals surface area contributed by atoms with Gasteiger partial charge in [0.25, 0.3) is 15.9 Å². The number of ether oxygens (including phenoxy) is 1. The van der Waals surface area contributed by atoms with Crippen molar-refractivity contribution in [2.24, 2.45) is 11.7 Å². The number of sulfonamides is 1. The van der Waals surface area contributed by atoms with E-state index in [0.29, 0.717) is 22.9 Å². The van der Waals surface area contributed by atoms with Crippen molar-refractivity contribution in [1.82, 2.24) is 5.32 Å². The van der Waals surface area contributed by atoms with Gasteiger partial charge in [-0.3, -0.25) is 14.9 Å². The summed E-state index contributed by atoms with van der Waals surface area (Å²) in [4.78, 5) is 34.2. The Morgan fingerprint density at radius 2 is 1.51 bits per heavy atom. The number of anilines is 1. The zero-order chi connectivity index (χ0) is 40.8. The summed E-state index contributed by atoms with van der Waals surface area (Å²) in [7, 11) is -4.08. The number of nitrogens with two attached hydrogens (primary N) is 1. The molecule has 0 spiro atoms. The fourth-order valence-corrected chi connectivity index (χ4v) is 6.25. The second-order valence-electron chi connectivity index (χ2n) is 12.4. The van der Waals surface area contributed by atoms with Crippen LogP contribution in [0.5, 0.6) is 11.5 Å². The number of carbonyl (C=O) groups is 3. The van der Waals surface area contributed by atoms with Gasteiger partial charge >= 0.3 is 18.1 Å². The number of rotatable bonds is 11. The number of hydrogen-bond donors (Lipinski definition) is 6. The van der Waals surface area contributed by atoms with Crippen molar-refractivity contribution in [2.75, 3.05) is 11.3 Å². The van der Waals surface area contributed by atoms with E-state index in [2.05, 4.69) is 10.0 Å². The standard InChI is InChI=1S/C36H33ClN4O6S.C2HF3O2/c1-20(2)19-40-35(42)25-8-12-29(31(16-25)36(43)44)30-17-26(41-48(45,46)28-11-4-21(3)32(37)18-28)9-13-33(30)47-27-10-7-22-14-24(34(38)39)6-5-23(22)15-27;3-2(4,5)1(6)7/h4-18,20,41H,19H2,1-3H3,(H3,38,39)(H,40,42)(H,43,44);(H,6,7). The molecule has 0 heterocycles. The second kappa shape index (κ2) is 16.9. The number of fused-ring (bicyclic) bond motifs is 1. The van der Waals surface area contributed by atoms with Gasteiger partial charge in [-0.25, -0.2) is 18.0 Å². The average molecular weight is 799 g/mol. The van der Waals surface area contributed by atoms with Crippen LogP contribution in [0.4, 0.5) is 18.9 Å². The molecule has 0 aliphatic rings. The Morgan fingerprint density at radius 3 is 2.11 bits per heavy atom. The molecule has 0 atom stereocenters. The van der Waals surface area contributed by atoms with Crippen molar-refractivity contribution in [1.29, 1.82) is 5.41 Å². The molecular weight excluding hydrogens is 765 g/mol. The number of carboxylic acids is 2. The van der Waals surface area contributed by atoms with E-state index in [0.717, 1.165) is 16.3 Å². The fraction of sp³-hybridized carbons (Fsp3) is 0.158. The third kappa shape index (κ3) is 10.7. The summed E-state index contributed by atoms with van der Waals surface area (Å²) < 4.78 is 67.2. The van der Waals surface area contributed by atoms with Crippen LogP contribution in [0.3, 0.4) is 0 Å². The summed E-state index contributed by atoms with van der Waals surface area (Å²) in [6.07, 6.45) is -5.08. The number of amidine groups is 1. The van der Waals surface area contributed by atoms with Crippen LogP contribution in [0.2, 0.25) is 5.02 Å². The molecule has 17 heteroatoms. The molecule has 288 valence electrons. The first-order chi connectivity index (χ1) is 25.7. The predicted octanol–water partition coefficient (Wildman–Crippen LogP) is 8.06. The van der Waals surface area contributed by atoms with Crippen molar-refractivity contribution in [3.05, 3.63) is 118 Å². The van der Waals surface area contributed by atoms with Gasteiger partial charge < -0.3 is 26.0 Å². The Labute approximate surface area is 318 Å². The normalized spacial score (nSPS) is 11.3. The van der Waals surface area contributed by atoms with Crippen LogP contribution in [-0.4, -0.2) is 55.0 Å². The number of aromatic carboxylic acids is 1. The van der Waals surface area contributed by atoms with Crippen molar-refractivity contribution >= 4 is 61.8 Å². The summed E-state index contributed by atoms with van der Waals surface area (Å²) in [5.41, 5.74) is 7.50. The number of halogens is 4. The number of aliphatic carboxylic acids is 1. The fourth-order valence-electron chi connectivity index (χ4n) is 4.93. The van der Waals surface area contributed by atoms with Crippen molar-refractivity contribution in [3.63, 3.8) is 0 Å². The van der Waals surface area contributed by atoms with Gasteiger partial charge in [-0.1, -0.05) is 55.8 Å². The topological polar surface area (TPSA) is 209 Å². The molecule has 7 N–H and O–H groups in total. The molecule has 0 unspecified atom stereocenters. The van der Waals surface area contributed by atoms with Crippen LogP contribution >= 0.6 is 11.6 Å². The molecule has 0 saturated carbocycles. The smallest absolute Gasteiger partial charge is 0.478 e. The van der Waals surface area contributed by atoms with Gasteiger partial charge in [0, 0.05) is 39.5 Å². The summed E-state index contributed by atoms with van der Waals surface area (Å²) in [5, 5.41) is 29.8. The average Bonchev–Trinajstić information content (AvgIpc) is 3.11. The molecule has 12 nitrogen and oxygen atoms in total. The maximum absolute atomic E-state index is 13.3. The summed E-state index contributed by atoms with van der Waals surface area (Å²) in [6.45, 7) is 6.06. The van der Waals surface area contributed by atoms with Crippen molar-refractivity contribution < 1.29 is 50.9 Å². The highest BCUT2D eigenvalue weighted by Gasteiger charge is 2.38. The summed E-state index contributed by atoms with van der Waals surface area (Å²) in [5.74, 6) is -3.67. The van der Waals surface area contributed by atoms with Gasteiger partial charge in [0.1, 0.15) is 17.3 Å². The molecule has 0 fully saturated rings. The summed E-state index contributed by atoms with van der Waals surface area (Å²) >= 11 is 6.19. The number of alkyl halides is 3. The lowest BCUT2D eigenvalue weighted by Gasteiger charge is -2.17. The Balaban J connectivity index is 0.000000876. The van der Waals surface area contributed by atoms with E-state index < -0.39 is 34.0 Å². The van der Waals surface area contributed by atoms with Crippen molar-refractivity contribution in [3.8, 4) is 22.6 Å². The largest absolute Gasteiger partial charge is 0.490 e. The van der Waals surface area contributed by atoms with Gasteiger partial charge in [0.2, 0.25) is 0 Å². The molecule has 1 amide bonds. The monoisotopic (exact) mass is 798 g/mol. The van der Waals surface area contributed by atoms with E-state index in [1.165, 1.54) is 48.5 Å². The van der Waals surface area contributed by atoms with Crippen LogP contribution in [0, 0.1) is 18.3 Å².